The molecule has 3 nitrogen and oxygen atoms in total. The molecule has 4 heteroatoms. The lowest BCUT2D eigenvalue weighted by atomic mass is 10.0. The van der Waals surface area contributed by atoms with Gasteiger partial charge in [-0.15, -0.1) is 0 Å². The fraction of sp³-hybridized carbons (Fsp3) is 0.462. The van der Waals surface area contributed by atoms with Crippen LogP contribution >= 0.6 is 15.9 Å². The van der Waals surface area contributed by atoms with E-state index >= 15 is 0 Å². The van der Waals surface area contributed by atoms with Crippen LogP contribution in [0.3, 0.4) is 0 Å². The van der Waals surface area contributed by atoms with Crippen molar-refractivity contribution >= 4 is 27.0 Å². The fourth-order valence-electron chi connectivity index (χ4n) is 2.54. The Kier molecular flexibility index (Phi) is 2.92. The zero-order chi connectivity index (χ0) is 11.8. The lowest BCUT2D eigenvalue weighted by molar-refractivity contribution is 0.552. The van der Waals surface area contributed by atoms with E-state index in [1.165, 1.54) is 17.8 Å². The third-order valence-electron chi connectivity index (χ3n) is 3.57. The fourth-order valence-corrected chi connectivity index (χ4v) is 2.89. The SMILES string of the molecule is Cn1c(CC2CCNC2)nc2ccc(Br)cc21. The van der Waals surface area contributed by atoms with E-state index in [1.807, 2.05) is 0 Å². The van der Waals surface area contributed by atoms with Crippen molar-refractivity contribution < 1.29 is 0 Å². The molecule has 1 saturated heterocycles. The summed E-state index contributed by atoms with van der Waals surface area (Å²) in [6, 6.07) is 6.27. The summed E-state index contributed by atoms with van der Waals surface area (Å²) in [5.74, 6) is 1.95. The van der Waals surface area contributed by atoms with Crippen molar-refractivity contribution in [2.45, 2.75) is 12.8 Å². The molecule has 2 aromatic rings. The highest BCUT2D eigenvalue weighted by Crippen LogP contribution is 2.22. The Morgan fingerprint density at radius 1 is 1.53 bits per heavy atom. The Morgan fingerprint density at radius 2 is 2.41 bits per heavy atom. The molecular formula is C13H16BrN3. The van der Waals surface area contributed by atoms with Crippen LogP contribution in [0.15, 0.2) is 22.7 Å². The largest absolute Gasteiger partial charge is 0.331 e. The van der Waals surface area contributed by atoms with Crippen molar-refractivity contribution in [3.63, 3.8) is 0 Å². The average Bonchev–Trinajstić information content (AvgIpc) is 2.91. The quantitative estimate of drug-likeness (QED) is 0.922. The predicted molar refractivity (Wildman–Crippen MR) is 73.1 cm³/mol. The summed E-state index contributed by atoms with van der Waals surface area (Å²) in [6.07, 6.45) is 2.35. The maximum absolute atomic E-state index is 4.73. The van der Waals surface area contributed by atoms with Crippen molar-refractivity contribution in [1.29, 1.82) is 0 Å². The van der Waals surface area contributed by atoms with Crippen LogP contribution in [0, 0.1) is 5.92 Å². The van der Waals surface area contributed by atoms with Crippen LogP contribution in [0.25, 0.3) is 11.0 Å². The van der Waals surface area contributed by atoms with Gasteiger partial charge in [-0.1, -0.05) is 15.9 Å². The molecule has 0 saturated carbocycles. The third kappa shape index (κ3) is 2.11. The molecule has 0 amide bonds. The molecule has 1 atom stereocenters. The van der Waals surface area contributed by atoms with E-state index in [1.54, 1.807) is 0 Å². The van der Waals surface area contributed by atoms with Gasteiger partial charge in [0.2, 0.25) is 0 Å². The summed E-state index contributed by atoms with van der Waals surface area (Å²) in [5.41, 5.74) is 2.30. The van der Waals surface area contributed by atoms with Gasteiger partial charge in [-0.2, -0.15) is 0 Å². The highest BCUT2D eigenvalue weighted by Gasteiger charge is 2.18. The van der Waals surface area contributed by atoms with Gasteiger partial charge in [-0.3, -0.25) is 0 Å². The number of halogens is 1. The second-order valence-corrected chi connectivity index (χ2v) is 5.70. The smallest absolute Gasteiger partial charge is 0.109 e. The van der Waals surface area contributed by atoms with Crippen LogP contribution in [0.1, 0.15) is 12.2 Å². The number of benzene rings is 1. The molecular weight excluding hydrogens is 278 g/mol. The van der Waals surface area contributed by atoms with Crippen LogP contribution in [-0.2, 0) is 13.5 Å². The van der Waals surface area contributed by atoms with Gasteiger partial charge >= 0.3 is 0 Å². The van der Waals surface area contributed by atoms with Gasteiger partial charge in [-0.05, 0) is 43.6 Å². The molecule has 3 rings (SSSR count). The monoisotopic (exact) mass is 293 g/mol. The van der Waals surface area contributed by atoms with Crippen LogP contribution < -0.4 is 5.32 Å². The van der Waals surface area contributed by atoms with Crippen molar-refractivity contribution in [3.8, 4) is 0 Å². The first-order chi connectivity index (χ1) is 8.24. The summed E-state index contributed by atoms with van der Waals surface area (Å²) >= 11 is 3.51. The molecule has 1 aliphatic heterocycles. The molecule has 1 aliphatic rings. The molecule has 2 heterocycles. The molecule has 1 aromatic carbocycles. The molecule has 0 radical (unpaired) electrons. The topological polar surface area (TPSA) is 29.9 Å². The van der Waals surface area contributed by atoms with Gasteiger partial charge in [0.15, 0.2) is 0 Å². The van der Waals surface area contributed by atoms with Crippen LogP contribution in [0.4, 0.5) is 0 Å². The van der Waals surface area contributed by atoms with Gasteiger partial charge in [0.1, 0.15) is 5.82 Å². The van der Waals surface area contributed by atoms with Gasteiger partial charge in [0.05, 0.1) is 11.0 Å². The Labute approximate surface area is 109 Å². The van der Waals surface area contributed by atoms with E-state index < -0.39 is 0 Å². The standard InChI is InChI=1S/C13H16BrN3/c1-17-12-7-10(14)2-3-11(12)16-13(17)6-9-4-5-15-8-9/h2-3,7,9,15H,4-6,8H2,1H3. The van der Waals surface area contributed by atoms with Gasteiger partial charge in [-0.25, -0.2) is 4.98 Å². The summed E-state index contributed by atoms with van der Waals surface area (Å²) in [5, 5.41) is 3.41. The highest BCUT2D eigenvalue weighted by molar-refractivity contribution is 9.10. The van der Waals surface area contributed by atoms with Crippen molar-refractivity contribution in [1.82, 2.24) is 14.9 Å². The number of hydrogen-bond donors (Lipinski definition) is 1. The van der Waals surface area contributed by atoms with E-state index in [4.69, 9.17) is 4.98 Å². The van der Waals surface area contributed by atoms with Gasteiger partial charge in [0, 0.05) is 17.9 Å². The summed E-state index contributed by atoms with van der Waals surface area (Å²) in [4.78, 5) is 4.73. The zero-order valence-electron chi connectivity index (χ0n) is 9.91. The molecule has 17 heavy (non-hydrogen) atoms. The first-order valence-electron chi connectivity index (χ1n) is 6.05. The molecule has 0 aliphatic carbocycles. The first-order valence-corrected chi connectivity index (χ1v) is 6.85. The van der Waals surface area contributed by atoms with E-state index in [0.717, 1.165) is 35.4 Å². The van der Waals surface area contributed by atoms with Crippen LogP contribution in [-0.4, -0.2) is 22.6 Å². The second kappa shape index (κ2) is 4.42. The minimum atomic E-state index is 0.744. The molecule has 1 fully saturated rings. The number of fused-ring (bicyclic) bond motifs is 1. The van der Waals surface area contributed by atoms with Gasteiger partial charge in [0.25, 0.3) is 0 Å². The summed E-state index contributed by atoms with van der Waals surface area (Å²) in [6.45, 7) is 2.28. The number of hydrogen-bond acceptors (Lipinski definition) is 2. The third-order valence-corrected chi connectivity index (χ3v) is 4.06. The molecule has 1 N–H and O–H groups in total. The Balaban J connectivity index is 1.96. The average molecular weight is 294 g/mol. The van der Waals surface area contributed by atoms with E-state index in [9.17, 15) is 0 Å². The van der Waals surface area contributed by atoms with Crippen LogP contribution in [0.5, 0.6) is 0 Å². The highest BCUT2D eigenvalue weighted by atomic mass is 79.9. The second-order valence-electron chi connectivity index (χ2n) is 4.78. The predicted octanol–water partition coefficient (Wildman–Crippen LogP) is 2.49. The van der Waals surface area contributed by atoms with Crippen LogP contribution in [0.2, 0.25) is 0 Å². The van der Waals surface area contributed by atoms with E-state index in [0.29, 0.717) is 0 Å². The lowest BCUT2D eigenvalue weighted by Crippen LogP contribution is -2.12. The van der Waals surface area contributed by atoms with Crippen molar-refractivity contribution in [2.75, 3.05) is 13.1 Å². The van der Waals surface area contributed by atoms with Crippen molar-refractivity contribution in [3.05, 3.63) is 28.5 Å². The number of rotatable bonds is 2. The number of nitrogens with one attached hydrogen (secondary N) is 1. The number of nitrogens with zero attached hydrogens (tertiary/aromatic N) is 2. The zero-order valence-corrected chi connectivity index (χ0v) is 11.5. The van der Waals surface area contributed by atoms with Gasteiger partial charge < -0.3 is 9.88 Å². The van der Waals surface area contributed by atoms with E-state index in [2.05, 4.69) is 51.1 Å². The normalized spacial score (nSPS) is 20.2. The Morgan fingerprint density at radius 3 is 3.18 bits per heavy atom. The molecule has 0 spiro atoms. The molecule has 1 unspecified atom stereocenters. The molecule has 1 aromatic heterocycles. The van der Waals surface area contributed by atoms with E-state index in [-0.39, 0.29) is 0 Å². The molecule has 0 bridgehead atoms. The van der Waals surface area contributed by atoms with Crippen molar-refractivity contribution in [2.24, 2.45) is 13.0 Å². The Bertz CT molecular complexity index is 541. The number of imidazole rings is 1. The minimum Gasteiger partial charge on any atom is -0.331 e. The first kappa shape index (κ1) is 11.2. The summed E-state index contributed by atoms with van der Waals surface area (Å²) in [7, 11) is 2.11. The number of aryl methyl sites for hydroxylation is 1. The maximum Gasteiger partial charge on any atom is 0.109 e. The minimum absolute atomic E-state index is 0.744. The summed E-state index contributed by atoms with van der Waals surface area (Å²) < 4.78 is 3.33. The lowest BCUT2D eigenvalue weighted by Gasteiger charge is -2.07. The molecule has 90 valence electrons. The number of aromatic nitrogens is 2. The maximum atomic E-state index is 4.73. The Hall–Kier alpha value is -0.870.